The van der Waals surface area contributed by atoms with Gasteiger partial charge in [0.25, 0.3) is 0 Å². The maximum atomic E-state index is 16.9. The van der Waals surface area contributed by atoms with Crippen LogP contribution in [0.5, 0.6) is 6.01 Å². The van der Waals surface area contributed by atoms with Crippen LogP contribution in [0.15, 0.2) is 36.5 Å². The van der Waals surface area contributed by atoms with Gasteiger partial charge < -0.3 is 14.4 Å². The second kappa shape index (κ2) is 10.7. The molecule has 1 saturated carbocycles. The summed E-state index contributed by atoms with van der Waals surface area (Å²) in [5, 5.41) is 1.71. The van der Waals surface area contributed by atoms with Gasteiger partial charge in [-0.25, -0.2) is 17.6 Å². The summed E-state index contributed by atoms with van der Waals surface area (Å²) in [6.07, 6.45) is 5.48. The number of hydrogen-bond acceptors (Lipinski definition) is 7. The number of benzene rings is 2. The lowest BCUT2D eigenvalue weighted by molar-refractivity contribution is -0.118. The molecule has 47 heavy (non-hydrogen) atoms. The minimum atomic E-state index is -1.45. The van der Waals surface area contributed by atoms with Gasteiger partial charge in [-0.15, -0.1) is 0 Å². The van der Waals surface area contributed by atoms with Crippen LogP contribution in [0.4, 0.5) is 23.4 Å². The molecule has 2 aromatic carbocycles. The van der Waals surface area contributed by atoms with Crippen LogP contribution >= 0.6 is 0 Å². The van der Waals surface area contributed by atoms with Gasteiger partial charge in [-0.1, -0.05) is 24.3 Å². The van der Waals surface area contributed by atoms with E-state index in [-0.39, 0.29) is 48.9 Å². The Morgan fingerprint density at radius 3 is 2.81 bits per heavy atom. The molecule has 0 N–H and O–H groups in total. The van der Waals surface area contributed by atoms with Crippen molar-refractivity contribution in [2.45, 2.75) is 68.7 Å². The summed E-state index contributed by atoms with van der Waals surface area (Å²) >= 11 is 0. The zero-order chi connectivity index (χ0) is 32.0. The highest BCUT2D eigenvalue weighted by Crippen LogP contribution is 2.56. The molecule has 2 atom stereocenters. The molecule has 4 aromatic rings. The third kappa shape index (κ3) is 4.78. The highest BCUT2D eigenvalue weighted by atomic mass is 19.1. The lowest BCUT2D eigenvalue weighted by Crippen LogP contribution is -2.58. The molecule has 11 heteroatoms. The zero-order valence-corrected chi connectivity index (χ0v) is 26.2. The molecule has 3 saturated heterocycles. The van der Waals surface area contributed by atoms with Gasteiger partial charge in [0.1, 0.15) is 41.3 Å². The van der Waals surface area contributed by atoms with Crippen molar-refractivity contribution in [1.29, 1.82) is 0 Å². The molecular weight excluding hydrogens is 610 g/mol. The van der Waals surface area contributed by atoms with Gasteiger partial charge in [0.2, 0.25) is 0 Å². The Balaban J connectivity index is 1.21. The monoisotopic (exact) mass is 647 g/mol. The molecule has 4 fully saturated rings. The Hall–Kier alpha value is -3.57. The van der Waals surface area contributed by atoms with Crippen LogP contribution in [0.25, 0.3) is 32.9 Å². The van der Waals surface area contributed by atoms with E-state index in [0.29, 0.717) is 66.6 Å². The first-order chi connectivity index (χ1) is 22.7. The second-order valence-corrected chi connectivity index (χ2v) is 14.6. The zero-order valence-electron chi connectivity index (χ0n) is 26.2. The molecular formula is C36H37F4N5O2. The minimum Gasteiger partial charge on any atom is -0.461 e. The van der Waals surface area contributed by atoms with Crippen molar-refractivity contribution in [2.75, 3.05) is 50.9 Å². The molecule has 11 rings (SSSR count). The number of anilines is 1. The number of fused-ring (bicyclic) bond motifs is 1. The molecule has 0 radical (unpaired) electrons. The summed E-state index contributed by atoms with van der Waals surface area (Å²) in [7, 11) is 0. The third-order valence-electron chi connectivity index (χ3n) is 11.4. The van der Waals surface area contributed by atoms with E-state index >= 15 is 13.2 Å². The van der Waals surface area contributed by atoms with Crippen molar-refractivity contribution >= 4 is 27.5 Å². The van der Waals surface area contributed by atoms with Gasteiger partial charge in [-0.05, 0) is 79.3 Å². The number of nitrogens with zero attached hydrogens (tertiary/aromatic N) is 5. The summed E-state index contributed by atoms with van der Waals surface area (Å²) < 4.78 is 75.0. The topological polar surface area (TPSA) is 63.6 Å². The lowest BCUT2D eigenvalue weighted by Gasteiger charge is -2.56. The fourth-order valence-corrected chi connectivity index (χ4v) is 9.53. The average Bonchev–Trinajstić information content (AvgIpc) is 3.57. The Kier molecular flexibility index (Phi) is 6.74. The van der Waals surface area contributed by atoms with E-state index in [1.807, 2.05) is 6.07 Å². The van der Waals surface area contributed by atoms with Gasteiger partial charge in [-0.2, -0.15) is 9.97 Å². The molecule has 6 aliphatic heterocycles. The first-order valence-electron chi connectivity index (χ1n) is 16.8. The molecule has 7 aliphatic rings. The van der Waals surface area contributed by atoms with Crippen molar-refractivity contribution in [3.05, 3.63) is 53.7 Å². The van der Waals surface area contributed by atoms with E-state index in [9.17, 15) is 4.39 Å². The predicted octanol–water partition coefficient (Wildman–Crippen LogP) is 6.74. The summed E-state index contributed by atoms with van der Waals surface area (Å²) in [6.45, 7) is 2.74. The van der Waals surface area contributed by atoms with Crippen molar-refractivity contribution in [1.82, 2.24) is 19.9 Å². The summed E-state index contributed by atoms with van der Waals surface area (Å²) in [6, 6.07) is 8.47. The quantitative estimate of drug-likeness (QED) is 0.228. The van der Waals surface area contributed by atoms with Crippen LogP contribution in [0, 0.1) is 17.0 Å². The van der Waals surface area contributed by atoms with Gasteiger partial charge in [-0.3, -0.25) is 9.88 Å². The number of halogens is 4. The van der Waals surface area contributed by atoms with Crippen LogP contribution in [0.1, 0.15) is 50.5 Å². The third-order valence-corrected chi connectivity index (χ3v) is 11.4. The number of aromatic nitrogens is 3. The van der Waals surface area contributed by atoms with Crippen LogP contribution in [-0.2, 0) is 11.2 Å². The number of hydrogen-bond donors (Lipinski definition) is 0. The maximum Gasteiger partial charge on any atom is 0.319 e. The smallest absolute Gasteiger partial charge is 0.319 e. The largest absolute Gasteiger partial charge is 0.461 e. The standard InChI is InChI=1S/C36H37F4N5O2/c37-23-14-36(10-3-12-45(36)16-23)21-47-33-42-31-26-15-41-30(29(31)39)25-5-1-4-22-6-7-27(38)24(28(22)25)8-13-46-20-35(40)17-34(18-35)9-2-11-44(19-34)32(26)43-33/h1,4-7,15,23H,2-3,8-14,16-21H2/t23-,34?,35?,36+/m1/s1. The minimum absolute atomic E-state index is 0.0242. The molecule has 246 valence electrons. The Morgan fingerprint density at radius 1 is 1.04 bits per heavy atom. The number of rotatable bonds is 3. The fourth-order valence-electron chi connectivity index (χ4n) is 9.53. The number of ether oxygens (including phenoxy) is 2. The molecule has 0 amide bonds. The van der Waals surface area contributed by atoms with E-state index in [0.717, 1.165) is 37.6 Å². The van der Waals surface area contributed by atoms with E-state index in [1.54, 1.807) is 24.4 Å². The molecule has 8 heterocycles. The number of piperidine rings is 1. The van der Waals surface area contributed by atoms with Crippen LogP contribution in [0.3, 0.4) is 0 Å². The first-order valence-corrected chi connectivity index (χ1v) is 16.8. The van der Waals surface area contributed by atoms with Gasteiger partial charge in [0.05, 0.1) is 24.1 Å². The van der Waals surface area contributed by atoms with Gasteiger partial charge >= 0.3 is 6.01 Å². The molecule has 7 bridgehead atoms. The fraction of sp³-hybridized carbons (Fsp3) is 0.528. The van der Waals surface area contributed by atoms with Crippen LogP contribution in [-0.4, -0.2) is 83.2 Å². The van der Waals surface area contributed by atoms with E-state index < -0.39 is 29.0 Å². The normalized spacial score (nSPS) is 30.6. The SMILES string of the molecule is Fc1ccc2cccc3c2c1CCOCC1(F)CC2(CCCN(C2)c2nc(OC[C@@]45CCCN4C[C@H](F)C5)nc4c(F)c-3ncc24)C1. The summed E-state index contributed by atoms with van der Waals surface area (Å²) in [5.74, 6) is -0.586. The number of pyridine rings is 1. The highest BCUT2D eigenvalue weighted by Gasteiger charge is 2.57. The van der Waals surface area contributed by atoms with Crippen molar-refractivity contribution < 1.29 is 27.0 Å². The van der Waals surface area contributed by atoms with Crippen molar-refractivity contribution in [3.8, 4) is 17.3 Å². The van der Waals surface area contributed by atoms with Gasteiger partial charge in [0, 0.05) is 37.8 Å². The highest BCUT2D eigenvalue weighted by molar-refractivity contribution is 6.01. The Morgan fingerprint density at radius 2 is 1.91 bits per heavy atom. The average molecular weight is 648 g/mol. The Labute approximate surface area is 270 Å². The second-order valence-electron chi connectivity index (χ2n) is 14.6. The van der Waals surface area contributed by atoms with E-state index in [1.165, 1.54) is 6.07 Å². The number of alkyl halides is 2. The van der Waals surface area contributed by atoms with Crippen LogP contribution in [0.2, 0.25) is 0 Å². The van der Waals surface area contributed by atoms with E-state index in [2.05, 4.69) is 19.8 Å². The first kappa shape index (κ1) is 29.6. The molecule has 0 unspecified atom stereocenters. The Bertz CT molecular complexity index is 1900. The molecule has 1 aliphatic carbocycles. The van der Waals surface area contributed by atoms with Crippen LogP contribution < -0.4 is 9.64 Å². The van der Waals surface area contributed by atoms with Gasteiger partial charge in [0.15, 0.2) is 5.82 Å². The maximum absolute atomic E-state index is 16.9. The summed E-state index contributed by atoms with van der Waals surface area (Å²) in [5.41, 5.74) is -1.22. The summed E-state index contributed by atoms with van der Waals surface area (Å²) in [4.78, 5) is 18.4. The molecule has 1 spiro atoms. The van der Waals surface area contributed by atoms with Crippen molar-refractivity contribution in [2.24, 2.45) is 5.41 Å². The van der Waals surface area contributed by atoms with E-state index in [4.69, 9.17) is 14.5 Å². The van der Waals surface area contributed by atoms with Crippen molar-refractivity contribution in [3.63, 3.8) is 0 Å². The molecule has 7 nitrogen and oxygen atoms in total. The molecule has 2 aromatic heterocycles. The predicted molar refractivity (Wildman–Crippen MR) is 170 cm³/mol. The lowest BCUT2D eigenvalue weighted by atomic mass is 9.57.